The van der Waals surface area contributed by atoms with E-state index in [4.69, 9.17) is 18.9 Å². The number of benzene rings is 2. The second-order valence-electron chi connectivity index (χ2n) is 7.69. The van der Waals surface area contributed by atoms with Crippen molar-refractivity contribution in [3.63, 3.8) is 0 Å². The summed E-state index contributed by atoms with van der Waals surface area (Å²) in [4.78, 5) is 19.3. The van der Waals surface area contributed by atoms with E-state index in [9.17, 15) is 4.79 Å². The van der Waals surface area contributed by atoms with Crippen LogP contribution in [0.15, 0.2) is 65.1 Å². The lowest BCUT2D eigenvalue weighted by atomic mass is 10.1. The molecular weight excluding hydrogens is 380 g/mol. The molecular formula is C24H24N2O4. The Morgan fingerprint density at radius 2 is 1.63 bits per heavy atom. The van der Waals surface area contributed by atoms with Gasteiger partial charge in [-0.25, -0.2) is 4.98 Å². The predicted octanol–water partition coefficient (Wildman–Crippen LogP) is 3.92. The summed E-state index contributed by atoms with van der Waals surface area (Å²) in [6.45, 7) is 2.36. The van der Waals surface area contributed by atoms with Crippen LogP contribution in [0.1, 0.15) is 18.7 Å². The van der Waals surface area contributed by atoms with Crippen molar-refractivity contribution < 1.29 is 18.7 Å². The summed E-state index contributed by atoms with van der Waals surface area (Å²) in [5.41, 5.74) is 2.77. The van der Waals surface area contributed by atoms with Gasteiger partial charge in [0.1, 0.15) is 5.69 Å². The number of carbonyl (C=O) groups is 1. The highest BCUT2D eigenvalue weighted by Gasteiger charge is 2.44. The van der Waals surface area contributed by atoms with Crippen molar-refractivity contribution in [1.82, 2.24) is 9.88 Å². The zero-order chi connectivity index (χ0) is 20.4. The first kappa shape index (κ1) is 19.0. The number of ether oxygens (including phenoxy) is 2. The molecule has 0 N–H and O–H groups in total. The number of oxazole rings is 1. The number of carbonyl (C=O) groups excluding carboxylic acids is 1. The van der Waals surface area contributed by atoms with E-state index in [2.05, 4.69) is 0 Å². The van der Waals surface area contributed by atoms with Gasteiger partial charge in [0.2, 0.25) is 5.91 Å². The Morgan fingerprint density at radius 1 is 0.967 bits per heavy atom. The second-order valence-corrected chi connectivity index (χ2v) is 7.69. The molecule has 0 atom stereocenters. The lowest BCUT2D eigenvalue weighted by molar-refractivity contribution is -0.152. The van der Waals surface area contributed by atoms with Crippen LogP contribution in [0.2, 0.25) is 0 Å². The zero-order valence-electron chi connectivity index (χ0n) is 16.8. The van der Waals surface area contributed by atoms with E-state index in [1.54, 1.807) is 0 Å². The molecule has 2 saturated heterocycles. The first-order valence-electron chi connectivity index (χ1n) is 10.4. The summed E-state index contributed by atoms with van der Waals surface area (Å²) in [6.07, 6.45) is 1.53. The van der Waals surface area contributed by atoms with Crippen molar-refractivity contribution in [3.8, 4) is 22.6 Å². The largest absolute Gasteiger partial charge is 0.440 e. The van der Waals surface area contributed by atoms with Crippen molar-refractivity contribution in [2.75, 3.05) is 26.3 Å². The molecule has 1 spiro atoms. The first-order valence-corrected chi connectivity index (χ1v) is 10.4. The van der Waals surface area contributed by atoms with Gasteiger partial charge < -0.3 is 18.8 Å². The van der Waals surface area contributed by atoms with Crippen molar-refractivity contribution in [2.24, 2.45) is 0 Å². The maximum Gasteiger partial charge on any atom is 0.223 e. The van der Waals surface area contributed by atoms with Gasteiger partial charge in [0.15, 0.2) is 17.4 Å². The molecule has 0 radical (unpaired) electrons. The number of likely N-dealkylation sites (tertiary alicyclic amines) is 1. The van der Waals surface area contributed by atoms with E-state index in [0.717, 1.165) is 29.0 Å². The third kappa shape index (κ3) is 3.76. The molecule has 3 heterocycles. The molecule has 3 aromatic rings. The van der Waals surface area contributed by atoms with E-state index in [1.807, 2.05) is 65.6 Å². The predicted molar refractivity (Wildman–Crippen MR) is 112 cm³/mol. The average molecular weight is 404 g/mol. The molecule has 154 valence electrons. The summed E-state index contributed by atoms with van der Waals surface area (Å²) in [5.74, 6) is 0.798. The normalized spacial score (nSPS) is 17.7. The minimum absolute atomic E-state index is 0.0756. The van der Waals surface area contributed by atoms with Gasteiger partial charge in [0.25, 0.3) is 0 Å². The Labute approximate surface area is 175 Å². The number of rotatable bonds is 5. The van der Waals surface area contributed by atoms with E-state index in [-0.39, 0.29) is 5.91 Å². The molecule has 1 amide bonds. The summed E-state index contributed by atoms with van der Waals surface area (Å²) in [7, 11) is 0. The van der Waals surface area contributed by atoms with Crippen LogP contribution < -0.4 is 0 Å². The highest BCUT2D eigenvalue weighted by molar-refractivity contribution is 5.78. The first-order chi connectivity index (χ1) is 14.7. The highest BCUT2D eigenvalue weighted by atomic mass is 16.7. The SMILES string of the molecule is O=C(CCc1nc(-c2ccccc2)c(-c2ccccc2)o1)N1CCC2(C1)OCCO2. The number of nitrogens with zero attached hydrogens (tertiary/aromatic N) is 2. The minimum Gasteiger partial charge on any atom is -0.440 e. The van der Waals surface area contributed by atoms with Crippen LogP contribution in [-0.4, -0.2) is 47.9 Å². The van der Waals surface area contributed by atoms with Gasteiger partial charge in [0.05, 0.1) is 19.8 Å². The summed E-state index contributed by atoms with van der Waals surface area (Å²) in [5, 5.41) is 0. The molecule has 2 aliphatic rings. The van der Waals surface area contributed by atoms with Crippen molar-refractivity contribution in [2.45, 2.75) is 25.0 Å². The fourth-order valence-corrected chi connectivity index (χ4v) is 4.12. The number of amides is 1. The van der Waals surface area contributed by atoms with Crippen LogP contribution in [0.25, 0.3) is 22.6 Å². The lowest BCUT2D eigenvalue weighted by Gasteiger charge is -2.22. The maximum atomic E-state index is 12.7. The molecule has 30 heavy (non-hydrogen) atoms. The maximum absolute atomic E-state index is 12.7. The molecule has 6 nitrogen and oxygen atoms in total. The van der Waals surface area contributed by atoms with E-state index in [0.29, 0.717) is 45.0 Å². The van der Waals surface area contributed by atoms with Crippen molar-refractivity contribution in [1.29, 1.82) is 0 Å². The van der Waals surface area contributed by atoms with Crippen molar-refractivity contribution >= 4 is 5.91 Å². The number of aryl methyl sites for hydroxylation is 1. The van der Waals surface area contributed by atoms with Crippen LogP contribution in [0.3, 0.4) is 0 Å². The standard InChI is InChI=1S/C24H24N2O4/c27-21(26-14-13-24(17-26)28-15-16-29-24)12-11-20-25-22(18-7-3-1-4-8-18)23(30-20)19-9-5-2-6-10-19/h1-10H,11-17H2. The summed E-state index contributed by atoms with van der Waals surface area (Å²) >= 11 is 0. The smallest absolute Gasteiger partial charge is 0.223 e. The number of aromatic nitrogens is 1. The molecule has 0 aliphatic carbocycles. The van der Waals surface area contributed by atoms with Gasteiger partial charge >= 0.3 is 0 Å². The monoisotopic (exact) mass is 404 g/mol. The molecule has 2 fully saturated rings. The Balaban J connectivity index is 1.33. The summed E-state index contributed by atoms with van der Waals surface area (Å²) in [6, 6.07) is 19.9. The van der Waals surface area contributed by atoms with E-state index in [1.165, 1.54) is 0 Å². The molecule has 5 rings (SSSR count). The number of hydrogen-bond acceptors (Lipinski definition) is 5. The fraction of sp³-hybridized carbons (Fsp3) is 0.333. The topological polar surface area (TPSA) is 64.8 Å². The van der Waals surface area contributed by atoms with Crippen molar-refractivity contribution in [3.05, 3.63) is 66.6 Å². The highest BCUT2D eigenvalue weighted by Crippen LogP contribution is 2.33. The Bertz CT molecular complexity index is 953. The molecule has 1 aromatic heterocycles. The lowest BCUT2D eigenvalue weighted by Crippen LogP contribution is -2.37. The Kier molecular flexibility index (Phi) is 5.11. The second kappa shape index (κ2) is 8.05. The molecule has 6 heteroatoms. The zero-order valence-corrected chi connectivity index (χ0v) is 16.8. The van der Waals surface area contributed by atoms with Gasteiger partial charge in [-0.2, -0.15) is 0 Å². The van der Waals surface area contributed by atoms with Crippen LogP contribution in [0.4, 0.5) is 0 Å². The van der Waals surface area contributed by atoms with Crippen LogP contribution in [0.5, 0.6) is 0 Å². The molecule has 0 unspecified atom stereocenters. The fourth-order valence-electron chi connectivity index (χ4n) is 4.12. The van der Waals surface area contributed by atoms with Gasteiger partial charge in [-0.3, -0.25) is 4.79 Å². The van der Waals surface area contributed by atoms with Gasteiger partial charge in [0, 0.05) is 36.9 Å². The van der Waals surface area contributed by atoms with Crippen LogP contribution in [-0.2, 0) is 20.7 Å². The molecule has 2 aromatic carbocycles. The Morgan fingerprint density at radius 3 is 2.33 bits per heavy atom. The van der Waals surface area contributed by atoms with E-state index >= 15 is 0 Å². The van der Waals surface area contributed by atoms with Crippen LogP contribution in [0, 0.1) is 0 Å². The van der Waals surface area contributed by atoms with Gasteiger partial charge in [-0.1, -0.05) is 60.7 Å². The molecule has 0 saturated carbocycles. The van der Waals surface area contributed by atoms with Crippen LogP contribution >= 0.6 is 0 Å². The van der Waals surface area contributed by atoms with Gasteiger partial charge in [-0.05, 0) is 0 Å². The third-order valence-electron chi connectivity index (χ3n) is 5.67. The minimum atomic E-state index is -0.584. The Hall–Kier alpha value is -2.96. The average Bonchev–Trinajstić information content (AvgIpc) is 3.54. The molecule has 2 aliphatic heterocycles. The van der Waals surface area contributed by atoms with Gasteiger partial charge in [-0.15, -0.1) is 0 Å². The summed E-state index contributed by atoms with van der Waals surface area (Å²) < 4.78 is 17.6. The quantitative estimate of drug-likeness (QED) is 0.645. The number of hydrogen-bond donors (Lipinski definition) is 0. The molecule has 0 bridgehead atoms. The van der Waals surface area contributed by atoms with E-state index < -0.39 is 5.79 Å². The third-order valence-corrected chi connectivity index (χ3v) is 5.67.